The van der Waals surface area contributed by atoms with Crippen molar-refractivity contribution in [3.8, 4) is 0 Å². The summed E-state index contributed by atoms with van der Waals surface area (Å²) in [6, 6.07) is 8.71. The lowest BCUT2D eigenvalue weighted by Gasteiger charge is -2.25. The molecule has 0 aromatic heterocycles. The van der Waals surface area contributed by atoms with E-state index in [0.29, 0.717) is 11.9 Å². The molecule has 0 fully saturated rings. The first-order chi connectivity index (χ1) is 7.81. The quantitative estimate of drug-likeness (QED) is 0.491. The highest BCUT2D eigenvalue weighted by atomic mass is 127. The molecule has 0 saturated heterocycles. The maximum atomic E-state index is 5.65. The largest absolute Gasteiger partial charge is 0.370 e. The summed E-state index contributed by atoms with van der Waals surface area (Å²) in [5.41, 5.74) is 8.62. The van der Waals surface area contributed by atoms with Crippen LogP contribution in [0.5, 0.6) is 0 Å². The van der Waals surface area contributed by atoms with Crippen LogP contribution in [0.15, 0.2) is 29.3 Å². The lowest BCUT2D eigenvalue weighted by atomic mass is 9.83. The molecule has 0 spiro atoms. The number of aryl methyl sites for hydroxylation is 1. The molecule has 1 aliphatic carbocycles. The lowest BCUT2D eigenvalue weighted by Crippen LogP contribution is -2.35. The number of guanidine groups is 1. The first-order valence-electron chi connectivity index (χ1n) is 5.85. The third-order valence-electron chi connectivity index (χ3n) is 3.26. The summed E-state index contributed by atoms with van der Waals surface area (Å²) in [4.78, 5) is 3.91. The van der Waals surface area contributed by atoms with Crippen LogP contribution in [-0.2, 0) is 6.42 Å². The van der Waals surface area contributed by atoms with Gasteiger partial charge < -0.3 is 11.1 Å². The SMILES string of the molecule is CN=C(N)NCC1CCCc2ccccc21.I. The predicted molar refractivity (Wildman–Crippen MR) is 83.1 cm³/mol. The van der Waals surface area contributed by atoms with Crippen molar-refractivity contribution >= 4 is 29.9 Å². The standard InChI is InChI=1S/C13H19N3.HI/c1-15-13(14)16-9-11-7-4-6-10-5-2-3-8-12(10)11;/h2-3,5,8,11H,4,6-7,9H2,1H3,(H3,14,15,16);1H. The highest BCUT2D eigenvalue weighted by Gasteiger charge is 2.19. The topological polar surface area (TPSA) is 50.4 Å². The molecular formula is C13H20IN3. The average molecular weight is 345 g/mol. The van der Waals surface area contributed by atoms with Crippen molar-refractivity contribution < 1.29 is 0 Å². The van der Waals surface area contributed by atoms with Gasteiger partial charge in [-0.3, -0.25) is 4.99 Å². The van der Waals surface area contributed by atoms with Crippen LogP contribution in [0, 0.1) is 0 Å². The molecule has 4 heteroatoms. The lowest BCUT2D eigenvalue weighted by molar-refractivity contribution is 0.542. The minimum absolute atomic E-state index is 0. The van der Waals surface area contributed by atoms with Gasteiger partial charge >= 0.3 is 0 Å². The van der Waals surface area contributed by atoms with Gasteiger partial charge in [-0.15, -0.1) is 24.0 Å². The molecule has 1 aromatic carbocycles. The van der Waals surface area contributed by atoms with Crippen LogP contribution in [0.25, 0.3) is 0 Å². The van der Waals surface area contributed by atoms with E-state index in [-0.39, 0.29) is 24.0 Å². The molecule has 2 rings (SSSR count). The molecule has 0 radical (unpaired) electrons. The van der Waals surface area contributed by atoms with Crippen molar-refractivity contribution in [3.05, 3.63) is 35.4 Å². The van der Waals surface area contributed by atoms with Gasteiger partial charge in [0, 0.05) is 19.5 Å². The van der Waals surface area contributed by atoms with Crippen molar-refractivity contribution in [1.29, 1.82) is 0 Å². The van der Waals surface area contributed by atoms with Gasteiger partial charge in [0.15, 0.2) is 5.96 Å². The number of hydrogen-bond acceptors (Lipinski definition) is 1. The van der Waals surface area contributed by atoms with Gasteiger partial charge in [-0.25, -0.2) is 0 Å². The van der Waals surface area contributed by atoms with Gasteiger partial charge in [-0.2, -0.15) is 0 Å². The normalized spacial score (nSPS) is 19.1. The van der Waals surface area contributed by atoms with Crippen molar-refractivity contribution in [3.63, 3.8) is 0 Å². The Labute approximate surface area is 120 Å². The highest BCUT2D eigenvalue weighted by molar-refractivity contribution is 14.0. The van der Waals surface area contributed by atoms with Gasteiger partial charge in [-0.1, -0.05) is 24.3 Å². The maximum absolute atomic E-state index is 5.65. The number of benzene rings is 1. The smallest absolute Gasteiger partial charge is 0.188 e. The fraction of sp³-hybridized carbons (Fsp3) is 0.462. The molecule has 0 saturated carbocycles. The summed E-state index contributed by atoms with van der Waals surface area (Å²) < 4.78 is 0. The van der Waals surface area contributed by atoms with E-state index in [0.717, 1.165) is 6.54 Å². The molecule has 0 amide bonds. The minimum Gasteiger partial charge on any atom is -0.370 e. The fourth-order valence-electron chi connectivity index (χ4n) is 2.37. The number of aliphatic imine (C=N–C) groups is 1. The number of fused-ring (bicyclic) bond motifs is 1. The van der Waals surface area contributed by atoms with E-state index in [9.17, 15) is 0 Å². The van der Waals surface area contributed by atoms with Gasteiger partial charge in [0.05, 0.1) is 0 Å². The molecule has 0 aliphatic heterocycles. The zero-order valence-electron chi connectivity index (χ0n) is 10.1. The fourth-order valence-corrected chi connectivity index (χ4v) is 2.37. The van der Waals surface area contributed by atoms with E-state index in [4.69, 9.17) is 5.73 Å². The predicted octanol–water partition coefficient (Wildman–Crippen LogP) is 2.26. The van der Waals surface area contributed by atoms with Crippen LogP contribution in [0.3, 0.4) is 0 Å². The summed E-state index contributed by atoms with van der Waals surface area (Å²) in [7, 11) is 1.71. The van der Waals surface area contributed by atoms with Crippen molar-refractivity contribution in [2.24, 2.45) is 10.7 Å². The minimum atomic E-state index is 0. The Morgan fingerprint density at radius 1 is 1.47 bits per heavy atom. The summed E-state index contributed by atoms with van der Waals surface area (Å²) in [5.74, 6) is 1.10. The third-order valence-corrected chi connectivity index (χ3v) is 3.26. The number of rotatable bonds is 2. The first-order valence-corrected chi connectivity index (χ1v) is 5.85. The molecular weight excluding hydrogens is 325 g/mol. The monoisotopic (exact) mass is 345 g/mol. The molecule has 1 aliphatic rings. The highest BCUT2D eigenvalue weighted by Crippen LogP contribution is 2.30. The van der Waals surface area contributed by atoms with E-state index in [1.54, 1.807) is 7.05 Å². The van der Waals surface area contributed by atoms with E-state index in [2.05, 4.69) is 34.6 Å². The second-order valence-corrected chi connectivity index (χ2v) is 4.28. The summed E-state index contributed by atoms with van der Waals surface area (Å²) >= 11 is 0. The number of halogens is 1. The Balaban J connectivity index is 0.00000144. The van der Waals surface area contributed by atoms with Crippen LogP contribution in [0.4, 0.5) is 0 Å². The van der Waals surface area contributed by atoms with Crippen LogP contribution < -0.4 is 11.1 Å². The second-order valence-electron chi connectivity index (χ2n) is 4.28. The summed E-state index contributed by atoms with van der Waals surface area (Å²) in [6.45, 7) is 0.889. The van der Waals surface area contributed by atoms with E-state index >= 15 is 0 Å². The van der Waals surface area contributed by atoms with Gasteiger partial charge in [0.2, 0.25) is 0 Å². The first kappa shape index (κ1) is 14.3. The van der Waals surface area contributed by atoms with E-state index in [1.165, 1.54) is 30.4 Å². The van der Waals surface area contributed by atoms with Crippen LogP contribution >= 0.6 is 24.0 Å². The molecule has 1 unspecified atom stereocenters. The molecule has 17 heavy (non-hydrogen) atoms. The van der Waals surface area contributed by atoms with Crippen LogP contribution in [0.2, 0.25) is 0 Å². The van der Waals surface area contributed by atoms with Crippen molar-refractivity contribution in [2.45, 2.75) is 25.2 Å². The van der Waals surface area contributed by atoms with E-state index < -0.39 is 0 Å². The Kier molecular flexibility index (Phi) is 5.74. The summed E-state index contributed by atoms with van der Waals surface area (Å²) in [5, 5.41) is 3.17. The zero-order valence-corrected chi connectivity index (χ0v) is 12.5. The Hall–Kier alpha value is -0.780. The summed E-state index contributed by atoms with van der Waals surface area (Å²) in [6.07, 6.45) is 3.72. The number of nitrogens with one attached hydrogen (secondary N) is 1. The van der Waals surface area contributed by atoms with Gasteiger partial charge in [0.1, 0.15) is 0 Å². The molecule has 3 nitrogen and oxygen atoms in total. The Morgan fingerprint density at radius 3 is 3.00 bits per heavy atom. The third kappa shape index (κ3) is 3.59. The van der Waals surface area contributed by atoms with Gasteiger partial charge in [-0.05, 0) is 30.4 Å². The molecule has 94 valence electrons. The van der Waals surface area contributed by atoms with E-state index in [1.807, 2.05) is 0 Å². The number of nitrogens with zero attached hydrogens (tertiary/aromatic N) is 1. The van der Waals surface area contributed by atoms with Gasteiger partial charge in [0.25, 0.3) is 0 Å². The van der Waals surface area contributed by atoms with Crippen molar-refractivity contribution in [2.75, 3.05) is 13.6 Å². The number of nitrogens with two attached hydrogens (primary N) is 1. The molecule has 1 atom stereocenters. The molecule has 0 heterocycles. The van der Waals surface area contributed by atoms with Crippen molar-refractivity contribution in [1.82, 2.24) is 5.32 Å². The Morgan fingerprint density at radius 2 is 2.24 bits per heavy atom. The number of hydrogen-bond donors (Lipinski definition) is 2. The van der Waals surface area contributed by atoms with Crippen LogP contribution in [-0.4, -0.2) is 19.6 Å². The molecule has 3 N–H and O–H groups in total. The maximum Gasteiger partial charge on any atom is 0.188 e. The average Bonchev–Trinajstić information content (AvgIpc) is 2.35. The van der Waals surface area contributed by atoms with Crippen LogP contribution in [0.1, 0.15) is 29.9 Å². The second kappa shape index (κ2) is 6.83. The Bertz CT molecular complexity index is 390. The molecule has 0 bridgehead atoms. The zero-order chi connectivity index (χ0) is 11.4. The molecule has 1 aromatic rings.